The number of aryl methyl sites for hydroxylation is 1. The molecule has 4 N–H and O–H groups in total. The minimum atomic E-state index is -1.15. The van der Waals surface area contributed by atoms with Gasteiger partial charge in [-0.1, -0.05) is 26.0 Å². The van der Waals surface area contributed by atoms with Crippen LogP contribution in [-0.4, -0.2) is 65.0 Å². The Morgan fingerprint density at radius 3 is 2.72 bits per heavy atom. The number of fused-ring (bicyclic) bond motifs is 1. The summed E-state index contributed by atoms with van der Waals surface area (Å²) in [4.78, 5) is 55.9. The number of carbonyl (C=O) groups excluding carboxylic acids is 4. The Labute approximate surface area is 210 Å². The summed E-state index contributed by atoms with van der Waals surface area (Å²) in [5.41, 5.74) is 0.228. The molecule has 4 amide bonds. The number of aromatic nitrogens is 2. The number of nitrogens with one attached hydrogen (secondary N) is 4. The van der Waals surface area contributed by atoms with Gasteiger partial charge in [-0.25, -0.2) is 4.98 Å². The van der Waals surface area contributed by atoms with Crippen molar-refractivity contribution >= 4 is 23.6 Å². The van der Waals surface area contributed by atoms with E-state index in [9.17, 15) is 19.2 Å². The van der Waals surface area contributed by atoms with Gasteiger partial charge in [0, 0.05) is 25.5 Å². The third kappa shape index (κ3) is 7.56. The van der Waals surface area contributed by atoms with Gasteiger partial charge in [0.25, 0.3) is 5.91 Å². The van der Waals surface area contributed by atoms with Crippen LogP contribution >= 0.6 is 0 Å². The number of carbonyl (C=O) groups is 4. The van der Waals surface area contributed by atoms with E-state index in [1.54, 1.807) is 36.7 Å². The number of benzene rings is 1. The Morgan fingerprint density at radius 1 is 1.22 bits per heavy atom. The lowest BCUT2D eigenvalue weighted by molar-refractivity contribution is -0.131. The number of para-hydroxylation sites is 1. The van der Waals surface area contributed by atoms with Gasteiger partial charge in [-0.2, -0.15) is 0 Å². The zero-order chi connectivity index (χ0) is 26.1. The first-order valence-electron chi connectivity index (χ1n) is 12.1. The van der Waals surface area contributed by atoms with Crippen molar-refractivity contribution < 1.29 is 23.9 Å². The molecule has 0 saturated carbocycles. The second kappa shape index (κ2) is 12.7. The molecule has 11 nitrogen and oxygen atoms in total. The molecule has 2 aromatic rings. The predicted molar refractivity (Wildman–Crippen MR) is 132 cm³/mol. The number of imidazole rings is 1. The molecule has 1 aromatic carbocycles. The average Bonchev–Trinajstić information content (AvgIpc) is 3.24. The summed E-state index contributed by atoms with van der Waals surface area (Å²) >= 11 is 0. The number of rotatable bonds is 6. The Morgan fingerprint density at radius 2 is 2.00 bits per heavy atom. The van der Waals surface area contributed by atoms with Gasteiger partial charge in [0.2, 0.25) is 17.7 Å². The van der Waals surface area contributed by atoms with Crippen LogP contribution in [0.15, 0.2) is 36.7 Å². The maximum absolute atomic E-state index is 13.1. The molecule has 1 aliphatic rings. The summed E-state index contributed by atoms with van der Waals surface area (Å²) in [5, 5.41) is 10.9. The van der Waals surface area contributed by atoms with Crippen LogP contribution in [0.5, 0.6) is 5.75 Å². The van der Waals surface area contributed by atoms with Crippen molar-refractivity contribution in [1.29, 1.82) is 0 Å². The maximum atomic E-state index is 13.1. The molecule has 3 rings (SSSR count). The Kier molecular flexibility index (Phi) is 9.43. The number of nitrogens with zero attached hydrogens (tertiary/aromatic N) is 2. The second-order valence-electron chi connectivity index (χ2n) is 9.07. The molecule has 0 spiro atoms. The first-order valence-corrected chi connectivity index (χ1v) is 12.1. The minimum absolute atomic E-state index is 0.135. The zero-order valence-corrected chi connectivity index (χ0v) is 20.9. The van der Waals surface area contributed by atoms with Gasteiger partial charge in [-0.3, -0.25) is 19.2 Å². The minimum Gasteiger partial charge on any atom is -0.491 e. The third-order valence-electron chi connectivity index (χ3n) is 5.74. The largest absolute Gasteiger partial charge is 0.491 e. The van der Waals surface area contributed by atoms with E-state index in [-0.39, 0.29) is 43.5 Å². The van der Waals surface area contributed by atoms with Gasteiger partial charge in [0.05, 0.1) is 18.5 Å². The van der Waals surface area contributed by atoms with E-state index < -0.39 is 29.8 Å². The summed E-state index contributed by atoms with van der Waals surface area (Å²) in [5.74, 6) is -0.612. The van der Waals surface area contributed by atoms with Crippen LogP contribution in [0.25, 0.3) is 0 Å². The van der Waals surface area contributed by atoms with Gasteiger partial charge < -0.3 is 30.6 Å². The molecular formula is C25H34N6O5. The molecule has 0 saturated heterocycles. The van der Waals surface area contributed by atoms with Crippen molar-refractivity contribution in [1.82, 2.24) is 30.8 Å². The van der Waals surface area contributed by atoms with E-state index in [2.05, 4.69) is 26.3 Å². The molecule has 0 bridgehead atoms. The lowest BCUT2D eigenvalue weighted by Crippen LogP contribution is -2.53. The second-order valence-corrected chi connectivity index (χ2v) is 9.07. The Hall–Kier alpha value is -3.89. The lowest BCUT2D eigenvalue weighted by atomic mass is 10.0. The monoisotopic (exact) mass is 498 g/mol. The molecule has 194 valence electrons. The summed E-state index contributed by atoms with van der Waals surface area (Å²) in [7, 11) is 0. The number of ether oxygens (including phenoxy) is 1. The maximum Gasteiger partial charge on any atom is 0.255 e. The standard InChI is InChI=1S/C25H34N6O5/c1-16(2)14-19-24(34)28-10-13-36-21-7-5-4-6-18(21)23(33)30-20(15-22(32)29-19)25(35)27-9-12-31-11-8-26-17(31)3/h4-8,11,16,19-20H,9-10,12-15H2,1-3H3,(H,27,35)(H,28,34)(H,29,32)(H,30,33)/t19-,20+/m1/s1. The normalized spacial score (nSPS) is 19.3. The summed E-state index contributed by atoms with van der Waals surface area (Å²) in [6.45, 7) is 6.86. The van der Waals surface area contributed by atoms with Crippen LogP contribution < -0.4 is 26.0 Å². The lowest BCUT2D eigenvalue weighted by Gasteiger charge is -2.24. The SMILES string of the molecule is Cc1nccn1CCNC(=O)[C@@H]1CC(=O)N[C@H](CC(C)C)C(=O)NCCOc2ccccc2C(=O)N1. The van der Waals surface area contributed by atoms with Crippen molar-refractivity contribution in [2.24, 2.45) is 5.92 Å². The first kappa shape index (κ1) is 26.7. The third-order valence-corrected chi connectivity index (χ3v) is 5.74. The van der Waals surface area contributed by atoms with Crippen molar-refractivity contribution in [3.8, 4) is 5.75 Å². The van der Waals surface area contributed by atoms with Crippen LogP contribution in [0.2, 0.25) is 0 Å². The molecule has 0 fully saturated rings. The number of hydrogen-bond acceptors (Lipinski definition) is 6. The molecule has 11 heteroatoms. The number of amides is 4. The van der Waals surface area contributed by atoms with Gasteiger partial charge >= 0.3 is 0 Å². The molecule has 2 heterocycles. The van der Waals surface area contributed by atoms with Gasteiger partial charge in [-0.05, 0) is 31.4 Å². The van der Waals surface area contributed by atoms with Crippen molar-refractivity contribution in [2.75, 3.05) is 19.7 Å². The van der Waals surface area contributed by atoms with Crippen LogP contribution in [0.4, 0.5) is 0 Å². The fourth-order valence-electron chi connectivity index (χ4n) is 3.89. The topological polar surface area (TPSA) is 143 Å². The molecule has 0 radical (unpaired) electrons. The highest BCUT2D eigenvalue weighted by Crippen LogP contribution is 2.18. The molecule has 2 atom stereocenters. The van der Waals surface area contributed by atoms with Crippen molar-refractivity contribution in [2.45, 2.75) is 52.2 Å². The van der Waals surface area contributed by atoms with Gasteiger partial charge in [0.15, 0.2) is 0 Å². The van der Waals surface area contributed by atoms with E-state index in [1.807, 2.05) is 25.3 Å². The molecular weight excluding hydrogens is 464 g/mol. The molecule has 1 aliphatic heterocycles. The van der Waals surface area contributed by atoms with E-state index in [1.165, 1.54) is 0 Å². The highest BCUT2D eigenvalue weighted by Gasteiger charge is 2.28. The smallest absolute Gasteiger partial charge is 0.255 e. The van der Waals surface area contributed by atoms with E-state index in [0.717, 1.165) is 5.82 Å². The Balaban J connectivity index is 1.79. The van der Waals surface area contributed by atoms with E-state index >= 15 is 0 Å². The highest BCUT2D eigenvalue weighted by molar-refractivity contribution is 6.01. The van der Waals surface area contributed by atoms with E-state index in [4.69, 9.17) is 4.74 Å². The Bertz CT molecular complexity index is 1080. The summed E-state index contributed by atoms with van der Waals surface area (Å²) in [6, 6.07) is 4.70. The highest BCUT2D eigenvalue weighted by atomic mass is 16.5. The fraction of sp³-hybridized carbons (Fsp3) is 0.480. The molecule has 0 unspecified atom stereocenters. The molecule has 0 aliphatic carbocycles. The van der Waals surface area contributed by atoms with Crippen LogP contribution in [0.3, 0.4) is 0 Å². The predicted octanol–water partition coefficient (Wildman–Crippen LogP) is 0.536. The van der Waals surface area contributed by atoms with Crippen LogP contribution in [0.1, 0.15) is 42.9 Å². The fourth-order valence-corrected chi connectivity index (χ4v) is 3.89. The number of hydrogen-bond donors (Lipinski definition) is 4. The molecule has 36 heavy (non-hydrogen) atoms. The summed E-state index contributed by atoms with van der Waals surface area (Å²) < 4.78 is 7.61. The van der Waals surface area contributed by atoms with Crippen molar-refractivity contribution in [3.05, 3.63) is 48.0 Å². The quantitative estimate of drug-likeness (QED) is 0.458. The molecule has 1 aromatic heterocycles. The van der Waals surface area contributed by atoms with Gasteiger partial charge in [-0.15, -0.1) is 0 Å². The van der Waals surface area contributed by atoms with Crippen LogP contribution in [-0.2, 0) is 20.9 Å². The summed E-state index contributed by atoms with van der Waals surface area (Å²) in [6.07, 6.45) is 3.57. The average molecular weight is 499 g/mol. The van der Waals surface area contributed by atoms with Crippen molar-refractivity contribution in [3.63, 3.8) is 0 Å². The van der Waals surface area contributed by atoms with E-state index in [0.29, 0.717) is 18.7 Å². The van der Waals surface area contributed by atoms with Crippen LogP contribution in [0, 0.1) is 12.8 Å². The van der Waals surface area contributed by atoms with Gasteiger partial charge in [0.1, 0.15) is 30.3 Å². The first-order chi connectivity index (χ1) is 17.2. The zero-order valence-electron chi connectivity index (χ0n) is 20.9.